The monoisotopic (exact) mass is 265 g/mol. The third-order valence-corrected chi connectivity index (χ3v) is 2.72. The minimum atomic E-state index is -0.0544. The lowest BCUT2D eigenvalue weighted by atomic mass is 10.2. The molecule has 0 unspecified atom stereocenters. The van der Waals surface area contributed by atoms with E-state index in [9.17, 15) is 4.79 Å². The molecule has 1 aromatic carbocycles. The highest BCUT2D eigenvalue weighted by Gasteiger charge is 2.11. The van der Waals surface area contributed by atoms with Crippen LogP contribution >= 0.6 is 11.6 Å². The Bertz CT molecular complexity index is 551. The summed E-state index contributed by atoms with van der Waals surface area (Å²) in [6.07, 6.45) is 0. The highest BCUT2D eigenvalue weighted by molar-refractivity contribution is 6.30. The first-order valence-electron chi connectivity index (χ1n) is 5.36. The molecule has 2 aromatic rings. The summed E-state index contributed by atoms with van der Waals surface area (Å²) in [5.74, 6) is 0.762. The van der Waals surface area contributed by atoms with Gasteiger partial charge in [-0.2, -0.15) is 0 Å². The highest BCUT2D eigenvalue weighted by atomic mass is 35.5. The van der Waals surface area contributed by atoms with E-state index in [0.717, 1.165) is 5.56 Å². The molecule has 18 heavy (non-hydrogen) atoms. The number of hydrogen-bond acceptors (Lipinski definition) is 4. The van der Waals surface area contributed by atoms with Gasteiger partial charge in [0.05, 0.1) is 6.54 Å². The second-order valence-electron chi connectivity index (χ2n) is 3.88. The number of nitrogens with zero attached hydrogens (tertiary/aromatic N) is 3. The van der Waals surface area contributed by atoms with Crippen LogP contribution in [-0.2, 0) is 11.3 Å². The van der Waals surface area contributed by atoms with E-state index in [2.05, 4.69) is 10.2 Å². The third kappa shape index (κ3) is 2.87. The fraction of sp³-hybridized carbons (Fsp3) is 0.250. The zero-order chi connectivity index (χ0) is 13.1. The summed E-state index contributed by atoms with van der Waals surface area (Å²) in [6, 6.07) is 7.10. The fourth-order valence-corrected chi connectivity index (χ4v) is 1.47. The molecule has 6 heteroatoms. The van der Waals surface area contributed by atoms with E-state index >= 15 is 0 Å². The number of carbonyl (C=O) groups is 1. The summed E-state index contributed by atoms with van der Waals surface area (Å²) < 4.78 is 5.47. The fourth-order valence-electron chi connectivity index (χ4n) is 1.34. The van der Waals surface area contributed by atoms with Gasteiger partial charge >= 0.3 is 0 Å². The van der Waals surface area contributed by atoms with Crippen molar-refractivity contribution in [2.24, 2.45) is 0 Å². The maximum atomic E-state index is 11.1. The molecule has 5 nitrogen and oxygen atoms in total. The Kier molecular flexibility index (Phi) is 3.62. The van der Waals surface area contributed by atoms with Crippen LogP contribution in [0.2, 0.25) is 5.02 Å². The van der Waals surface area contributed by atoms with E-state index in [4.69, 9.17) is 16.0 Å². The van der Waals surface area contributed by atoms with Crippen LogP contribution < -0.4 is 0 Å². The van der Waals surface area contributed by atoms with Gasteiger partial charge < -0.3 is 9.32 Å². The SMILES string of the molecule is CC(=O)N(C)Cc1nnc(-c2ccc(Cl)cc2)o1. The minimum Gasteiger partial charge on any atom is -0.419 e. The molecule has 0 bridgehead atoms. The standard InChI is InChI=1S/C12H12ClN3O2/c1-8(17)16(2)7-11-14-15-12(18-11)9-3-5-10(13)6-4-9/h3-6H,7H2,1-2H3. The number of benzene rings is 1. The zero-order valence-electron chi connectivity index (χ0n) is 10.1. The number of rotatable bonds is 3. The molecule has 0 saturated heterocycles. The van der Waals surface area contributed by atoms with Gasteiger partial charge in [0, 0.05) is 24.6 Å². The summed E-state index contributed by atoms with van der Waals surface area (Å²) in [7, 11) is 1.68. The van der Waals surface area contributed by atoms with Crippen molar-refractivity contribution < 1.29 is 9.21 Å². The molecule has 0 aliphatic carbocycles. The van der Waals surface area contributed by atoms with Crippen LogP contribution in [0.4, 0.5) is 0 Å². The molecule has 2 rings (SSSR count). The number of hydrogen-bond donors (Lipinski definition) is 0. The van der Waals surface area contributed by atoms with E-state index in [1.807, 2.05) is 0 Å². The summed E-state index contributed by atoms with van der Waals surface area (Å²) in [4.78, 5) is 12.6. The average molecular weight is 266 g/mol. The van der Waals surface area contributed by atoms with Crippen molar-refractivity contribution in [3.05, 3.63) is 35.2 Å². The average Bonchev–Trinajstić information content (AvgIpc) is 2.78. The van der Waals surface area contributed by atoms with Crippen LogP contribution in [-0.4, -0.2) is 28.1 Å². The van der Waals surface area contributed by atoms with Crippen molar-refractivity contribution in [2.45, 2.75) is 13.5 Å². The molecule has 0 aliphatic heterocycles. The molecule has 94 valence electrons. The van der Waals surface area contributed by atoms with Gasteiger partial charge in [0.1, 0.15) is 0 Å². The van der Waals surface area contributed by atoms with Crippen LogP contribution in [0, 0.1) is 0 Å². The van der Waals surface area contributed by atoms with E-state index < -0.39 is 0 Å². The zero-order valence-corrected chi connectivity index (χ0v) is 10.8. The molecule has 0 saturated carbocycles. The van der Waals surface area contributed by atoms with Gasteiger partial charge in [-0.3, -0.25) is 4.79 Å². The van der Waals surface area contributed by atoms with Gasteiger partial charge in [0.25, 0.3) is 0 Å². The van der Waals surface area contributed by atoms with E-state index in [-0.39, 0.29) is 5.91 Å². The van der Waals surface area contributed by atoms with Gasteiger partial charge in [-0.1, -0.05) is 11.6 Å². The molecule has 0 aliphatic rings. The Morgan fingerprint density at radius 1 is 1.33 bits per heavy atom. The molecule has 0 atom stereocenters. The smallest absolute Gasteiger partial charge is 0.247 e. The maximum absolute atomic E-state index is 11.1. The normalized spacial score (nSPS) is 10.4. The molecular formula is C12H12ClN3O2. The summed E-state index contributed by atoms with van der Waals surface area (Å²) in [6.45, 7) is 1.78. The minimum absolute atomic E-state index is 0.0544. The molecule has 1 aromatic heterocycles. The van der Waals surface area contributed by atoms with Gasteiger partial charge in [-0.15, -0.1) is 10.2 Å². The Labute approximate surface area is 109 Å². The van der Waals surface area contributed by atoms with Gasteiger partial charge in [0.2, 0.25) is 17.7 Å². The molecular weight excluding hydrogens is 254 g/mol. The molecule has 1 heterocycles. The lowest BCUT2D eigenvalue weighted by molar-refractivity contribution is -0.128. The van der Waals surface area contributed by atoms with Gasteiger partial charge in [0.15, 0.2) is 0 Å². The van der Waals surface area contributed by atoms with Crippen LogP contribution in [0.3, 0.4) is 0 Å². The quantitative estimate of drug-likeness (QED) is 0.855. The number of carbonyl (C=O) groups excluding carboxylic acids is 1. The van der Waals surface area contributed by atoms with Crippen molar-refractivity contribution in [3.63, 3.8) is 0 Å². The number of halogens is 1. The van der Waals surface area contributed by atoms with Crippen molar-refractivity contribution >= 4 is 17.5 Å². The van der Waals surface area contributed by atoms with E-state index in [1.54, 1.807) is 31.3 Å². The summed E-state index contributed by atoms with van der Waals surface area (Å²) >= 11 is 5.80. The predicted molar refractivity (Wildman–Crippen MR) is 66.9 cm³/mol. The first kappa shape index (κ1) is 12.6. The third-order valence-electron chi connectivity index (χ3n) is 2.47. The van der Waals surface area contributed by atoms with Crippen LogP contribution in [0.5, 0.6) is 0 Å². The molecule has 1 amide bonds. The van der Waals surface area contributed by atoms with E-state index in [1.165, 1.54) is 11.8 Å². The Morgan fingerprint density at radius 3 is 2.61 bits per heavy atom. The van der Waals surface area contributed by atoms with Gasteiger partial charge in [-0.05, 0) is 24.3 Å². The van der Waals surface area contributed by atoms with Crippen LogP contribution in [0.1, 0.15) is 12.8 Å². The molecule has 0 radical (unpaired) electrons. The molecule has 0 fully saturated rings. The molecule has 0 N–H and O–H groups in total. The van der Waals surface area contributed by atoms with Crippen molar-refractivity contribution in [1.82, 2.24) is 15.1 Å². The summed E-state index contributed by atoms with van der Waals surface area (Å²) in [5.41, 5.74) is 0.795. The predicted octanol–water partition coefficient (Wildman–Crippen LogP) is 2.37. The topological polar surface area (TPSA) is 59.2 Å². The Balaban J connectivity index is 2.15. The Morgan fingerprint density at radius 2 is 2.00 bits per heavy atom. The summed E-state index contributed by atoms with van der Waals surface area (Å²) in [5, 5.41) is 8.47. The maximum Gasteiger partial charge on any atom is 0.247 e. The molecule has 0 spiro atoms. The highest BCUT2D eigenvalue weighted by Crippen LogP contribution is 2.20. The lowest BCUT2D eigenvalue weighted by Crippen LogP contribution is -2.23. The lowest BCUT2D eigenvalue weighted by Gasteiger charge is -2.10. The Hall–Kier alpha value is -1.88. The second-order valence-corrected chi connectivity index (χ2v) is 4.32. The van der Waals surface area contributed by atoms with Crippen molar-refractivity contribution in [1.29, 1.82) is 0 Å². The number of amides is 1. The first-order chi connectivity index (χ1) is 8.56. The first-order valence-corrected chi connectivity index (χ1v) is 5.74. The van der Waals surface area contributed by atoms with Crippen molar-refractivity contribution in [3.8, 4) is 11.5 Å². The van der Waals surface area contributed by atoms with E-state index in [0.29, 0.717) is 23.3 Å². The van der Waals surface area contributed by atoms with Crippen LogP contribution in [0.15, 0.2) is 28.7 Å². The van der Waals surface area contributed by atoms with Crippen LogP contribution in [0.25, 0.3) is 11.5 Å². The largest absolute Gasteiger partial charge is 0.419 e. The van der Waals surface area contributed by atoms with Gasteiger partial charge in [-0.25, -0.2) is 0 Å². The number of aromatic nitrogens is 2. The second kappa shape index (κ2) is 5.18. The van der Waals surface area contributed by atoms with Crippen molar-refractivity contribution in [2.75, 3.05) is 7.05 Å².